The monoisotopic (exact) mass is 958 g/mol. The number of fused-ring (bicyclic) bond motifs is 2. The van der Waals surface area contributed by atoms with Crippen molar-refractivity contribution in [2.45, 2.75) is 5.16 Å². The number of benzene rings is 4. The van der Waals surface area contributed by atoms with Crippen molar-refractivity contribution in [3.63, 3.8) is 0 Å². The van der Waals surface area contributed by atoms with E-state index >= 15 is 0 Å². The van der Waals surface area contributed by atoms with Crippen molar-refractivity contribution < 1.29 is 51.6 Å². The van der Waals surface area contributed by atoms with Crippen LogP contribution in [-0.2, 0) is 10.8 Å². The highest BCUT2D eigenvalue weighted by Gasteiger charge is 2.21. The number of rotatable bonds is 13. The Balaban J connectivity index is 0.000000154. The average Bonchev–Trinajstić information content (AvgIpc) is 4.24. The lowest BCUT2D eigenvalue weighted by Gasteiger charge is -2.14. The second-order valence-corrected chi connectivity index (χ2v) is 15.7. The van der Waals surface area contributed by atoms with Crippen LogP contribution in [0.3, 0.4) is 0 Å². The van der Waals surface area contributed by atoms with Gasteiger partial charge in [0.15, 0.2) is 46.0 Å². The number of hydrogen-bond donors (Lipinski definition) is 4. The Morgan fingerprint density at radius 1 is 0.580 bits per heavy atom. The Labute approximate surface area is 397 Å². The van der Waals surface area contributed by atoms with Gasteiger partial charge < -0.3 is 58.4 Å². The lowest BCUT2D eigenvalue weighted by molar-refractivity contribution is 0.173. The molecule has 2 aliphatic rings. The maximum absolute atomic E-state index is 11.6. The highest BCUT2D eigenvalue weighted by Crippen LogP contribution is 2.42. The number of aromatic nitrogens is 8. The average molecular weight is 959 g/mol. The molecule has 0 amide bonds. The zero-order chi connectivity index (χ0) is 48.4. The van der Waals surface area contributed by atoms with Gasteiger partial charge >= 0.3 is 0 Å². The quantitative estimate of drug-likeness (QED) is 0.0651. The number of H-pyrrole nitrogens is 2. The number of nitrogen functional groups attached to an aromatic ring is 1. The molecular formula is C47H46N10O11S. The molecule has 21 nitrogen and oxygen atoms in total. The van der Waals surface area contributed by atoms with Crippen molar-refractivity contribution in [3.8, 4) is 103 Å². The number of nitrogens with one attached hydrogen (secondary N) is 3. The Morgan fingerprint density at radius 3 is 1.52 bits per heavy atom. The number of nitrogens with two attached hydrogens (primary N) is 1. The van der Waals surface area contributed by atoms with Gasteiger partial charge in [0.25, 0.3) is 0 Å². The van der Waals surface area contributed by atoms with Gasteiger partial charge in [0.2, 0.25) is 36.2 Å². The molecule has 10 rings (SSSR count). The molecule has 6 heterocycles. The van der Waals surface area contributed by atoms with Gasteiger partial charge in [-0.25, -0.2) is 19.9 Å². The number of aromatic amines is 2. The predicted molar refractivity (Wildman–Crippen MR) is 255 cm³/mol. The molecule has 5 N–H and O–H groups in total. The second-order valence-electron chi connectivity index (χ2n) is 14.4. The van der Waals surface area contributed by atoms with Crippen LogP contribution < -0.4 is 58.4 Å². The molecule has 0 saturated heterocycles. The van der Waals surface area contributed by atoms with Crippen molar-refractivity contribution in [3.05, 3.63) is 97.6 Å². The fourth-order valence-electron chi connectivity index (χ4n) is 7.09. The van der Waals surface area contributed by atoms with Gasteiger partial charge in [-0.1, -0.05) is 0 Å². The topological polar surface area (TPSA) is 256 Å². The molecule has 0 bridgehead atoms. The maximum Gasteiger partial charge on any atom is 0.231 e. The molecule has 1 unspecified atom stereocenters. The summed E-state index contributed by atoms with van der Waals surface area (Å²) < 4.78 is 64.7. The van der Waals surface area contributed by atoms with Gasteiger partial charge in [-0.15, -0.1) is 0 Å². The van der Waals surface area contributed by atoms with Crippen molar-refractivity contribution in [1.82, 2.24) is 40.3 Å². The normalized spacial score (nSPS) is 12.1. The number of ether oxygens (including phenoxy) is 10. The lowest BCUT2D eigenvalue weighted by atomic mass is 10.1. The van der Waals surface area contributed by atoms with Crippen LogP contribution in [0.4, 0.5) is 17.3 Å². The fraction of sp³-hybridized carbons (Fsp3) is 0.191. The molecule has 0 fully saturated rings. The van der Waals surface area contributed by atoms with E-state index in [1.54, 1.807) is 104 Å². The summed E-state index contributed by atoms with van der Waals surface area (Å²) in [5.41, 5.74) is 13.3. The molecular weight excluding hydrogens is 913 g/mol. The molecule has 4 aromatic carbocycles. The van der Waals surface area contributed by atoms with Crippen LogP contribution in [0.1, 0.15) is 0 Å². The molecule has 0 aliphatic carbocycles. The van der Waals surface area contributed by atoms with Crippen LogP contribution >= 0.6 is 0 Å². The molecule has 356 valence electrons. The molecule has 2 aliphatic heterocycles. The minimum atomic E-state index is -1.24. The third-order valence-corrected chi connectivity index (χ3v) is 11.0. The van der Waals surface area contributed by atoms with Crippen molar-refractivity contribution in [1.29, 1.82) is 0 Å². The van der Waals surface area contributed by atoms with E-state index in [0.29, 0.717) is 79.9 Å². The van der Waals surface area contributed by atoms with Crippen LogP contribution in [0.15, 0.2) is 103 Å². The summed E-state index contributed by atoms with van der Waals surface area (Å²) in [4.78, 5) is 17.4. The molecule has 0 saturated carbocycles. The Kier molecular flexibility index (Phi) is 14.4. The predicted octanol–water partition coefficient (Wildman–Crippen LogP) is 7.33. The van der Waals surface area contributed by atoms with Crippen molar-refractivity contribution >= 4 is 28.1 Å². The molecule has 69 heavy (non-hydrogen) atoms. The summed E-state index contributed by atoms with van der Waals surface area (Å²) in [7, 11) is 8.10. The Hall–Kier alpha value is -8.79. The van der Waals surface area contributed by atoms with Crippen molar-refractivity contribution in [2.75, 3.05) is 73.6 Å². The number of nitrogens with zero attached hydrogens (tertiary/aromatic N) is 6. The van der Waals surface area contributed by atoms with E-state index in [2.05, 4.69) is 45.6 Å². The van der Waals surface area contributed by atoms with E-state index in [0.717, 1.165) is 45.1 Å². The summed E-state index contributed by atoms with van der Waals surface area (Å²) >= 11 is 0. The summed E-state index contributed by atoms with van der Waals surface area (Å²) in [6.07, 6.45) is 8.23. The minimum Gasteiger partial charge on any atom is -0.493 e. The van der Waals surface area contributed by atoms with E-state index in [9.17, 15) is 4.21 Å². The minimum absolute atomic E-state index is 0.219. The summed E-state index contributed by atoms with van der Waals surface area (Å²) in [5, 5.41) is 17.8. The third kappa shape index (κ3) is 10.3. The smallest absolute Gasteiger partial charge is 0.231 e. The fourth-order valence-corrected chi connectivity index (χ4v) is 7.52. The van der Waals surface area contributed by atoms with Gasteiger partial charge in [0.05, 0.1) is 88.6 Å². The van der Waals surface area contributed by atoms with Crippen LogP contribution in [0.2, 0.25) is 0 Å². The summed E-state index contributed by atoms with van der Waals surface area (Å²) in [6, 6.07) is 21.9. The van der Waals surface area contributed by atoms with Gasteiger partial charge in [-0.05, 0) is 48.5 Å². The number of hydrogen-bond acceptors (Lipinski definition) is 19. The van der Waals surface area contributed by atoms with Gasteiger partial charge in [0.1, 0.15) is 0 Å². The van der Waals surface area contributed by atoms with Gasteiger partial charge in [0, 0.05) is 76.5 Å². The maximum atomic E-state index is 11.6. The van der Waals surface area contributed by atoms with E-state index in [1.165, 1.54) is 0 Å². The van der Waals surface area contributed by atoms with Gasteiger partial charge in [-0.2, -0.15) is 10.2 Å². The molecule has 22 heteroatoms. The van der Waals surface area contributed by atoms with Crippen LogP contribution in [0, 0.1) is 0 Å². The highest BCUT2D eigenvalue weighted by molar-refractivity contribution is 7.84. The molecule has 0 spiro atoms. The summed E-state index contributed by atoms with van der Waals surface area (Å²) in [5.74, 6) is 6.48. The first kappa shape index (κ1) is 46.7. The zero-order valence-corrected chi connectivity index (χ0v) is 39.1. The van der Waals surface area contributed by atoms with Crippen LogP contribution in [0.25, 0.3) is 45.0 Å². The first-order valence-electron chi connectivity index (χ1n) is 20.6. The van der Waals surface area contributed by atoms with E-state index in [4.69, 9.17) is 53.1 Å². The Bertz CT molecular complexity index is 3060. The molecule has 4 aromatic heterocycles. The van der Waals surface area contributed by atoms with E-state index in [-0.39, 0.29) is 13.6 Å². The second kappa shape index (κ2) is 21.2. The van der Waals surface area contributed by atoms with Crippen LogP contribution in [0.5, 0.6) is 57.5 Å². The zero-order valence-electron chi connectivity index (χ0n) is 38.3. The number of methoxy groups -OCH3 is 6. The molecule has 1 atom stereocenters. The largest absolute Gasteiger partial charge is 0.493 e. The van der Waals surface area contributed by atoms with E-state index < -0.39 is 10.8 Å². The van der Waals surface area contributed by atoms with E-state index in [1.807, 2.05) is 42.5 Å². The standard InChI is InChI=1S/C23H21N5O5.C15H12N4O3S.C9H13NO3/c1-29-19-9-14(10-20(30-2)22(19)31-3)26-23-24-7-6-16(27-23)15-11-25-28-21(15)13-4-5-17-18(8-13)33-12-32-17;1-23(20)15-16-5-4-11(18-15)10-7-17-19-14(10)9-2-3-12-13(6-9)22-8-21-12;1-11-7-4-6(10)5-8(12-2)9(7)13-3/h4-11H,12H2,1-3H3,(H,25,28)(H,24,26,27);2-7H,8H2,1H3,(H,17,19);4-5H,10H2,1-3H3. The first-order chi connectivity index (χ1) is 33.6. The number of anilines is 3. The SMILES string of the molecule is COc1cc(N)cc(OC)c1OC.COc1cc(Nc2nccc(-c3cn[nH]c3-c3ccc4c(c3)OCO4)n2)cc(OC)c1OC.CS(=O)c1nccc(-c2cn[nH]c2-c2ccc3c(c2)OCO3)n1. The van der Waals surface area contributed by atoms with Crippen molar-refractivity contribution in [2.24, 2.45) is 0 Å². The van der Waals surface area contributed by atoms with Gasteiger partial charge in [-0.3, -0.25) is 14.4 Å². The Morgan fingerprint density at radius 2 is 1.04 bits per heavy atom. The molecule has 0 radical (unpaired) electrons. The lowest BCUT2D eigenvalue weighted by Crippen LogP contribution is -2.01. The molecule has 8 aromatic rings. The third-order valence-electron chi connectivity index (χ3n) is 10.3. The highest BCUT2D eigenvalue weighted by atomic mass is 32.2. The van der Waals surface area contributed by atoms with Crippen LogP contribution in [-0.4, -0.2) is 107 Å². The first-order valence-corrected chi connectivity index (χ1v) is 22.2. The summed E-state index contributed by atoms with van der Waals surface area (Å²) in [6.45, 7) is 0.447.